The molecule has 1 saturated heterocycles. The van der Waals surface area contributed by atoms with Crippen molar-refractivity contribution in [2.24, 2.45) is 0 Å². The van der Waals surface area contributed by atoms with Crippen LogP contribution < -0.4 is 0 Å². The SMILES string of the molecule is CCCCCCC.COC1(OC)CCCC[Si]1(OC)OC. The molecule has 0 radical (unpaired) electrons. The van der Waals surface area contributed by atoms with Gasteiger partial charge in [-0.3, -0.25) is 0 Å². The Balaban J connectivity index is 0.000000486. The van der Waals surface area contributed by atoms with Crippen LogP contribution in [-0.2, 0) is 18.3 Å². The summed E-state index contributed by atoms with van der Waals surface area (Å²) >= 11 is 0. The first kappa shape index (κ1) is 21.1. The second-order valence-electron chi connectivity index (χ2n) is 5.59. The van der Waals surface area contributed by atoms with Crippen molar-refractivity contribution < 1.29 is 18.3 Å². The molecule has 0 aliphatic carbocycles. The van der Waals surface area contributed by atoms with Gasteiger partial charge in [0.15, 0.2) is 0 Å². The van der Waals surface area contributed by atoms with Crippen molar-refractivity contribution in [3.8, 4) is 0 Å². The summed E-state index contributed by atoms with van der Waals surface area (Å²) in [6.45, 7) is 4.49. The standard InChI is InChI=1S/C9H20O4Si.C7H16/c1-10-9(11-2)7-5-6-8-14(9,12-3)13-4;1-3-5-7-6-4-2/h5-8H2,1-4H3;3-7H2,1-2H3. The third-order valence-electron chi connectivity index (χ3n) is 4.37. The maximum Gasteiger partial charge on any atom is 0.399 e. The third-order valence-corrected chi connectivity index (χ3v) is 8.52. The fourth-order valence-electron chi connectivity index (χ4n) is 2.97. The number of hydrogen-bond donors (Lipinski definition) is 0. The Morgan fingerprint density at radius 3 is 1.67 bits per heavy atom. The van der Waals surface area contributed by atoms with Gasteiger partial charge in [-0.1, -0.05) is 52.4 Å². The molecule has 0 bridgehead atoms. The van der Waals surface area contributed by atoms with Gasteiger partial charge in [0.05, 0.1) is 0 Å². The molecule has 4 nitrogen and oxygen atoms in total. The Hall–Kier alpha value is 0.0569. The highest BCUT2D eigenvalue weighted by atomic mass is 28.4. The second kappa shape index (κ2) is 11.6. The minimum absolute atomic E-state index is 0.630. The van der Waals surface area contributed by atoms with E-state index in [1.54, 1.807) is 28.4 Å². The maximum absolute atomic E-state index is 5.59. The van der Waals surface area contributed by atoms with Crippen LogP contribution in [0, 0.1) is 0 Å². The molecule has 0 aromatic heterocycles. The minimum atomic E-state index is -2.35. The molecule has 1 aliphatic rings. The summed E-state index contributed by atoms with van der Waals surface area (Å²) in [7, 11) is 4.34. The zero-order chi connectivity index (χ0) is 16.2. The van der Waals surface area contributed by atoms with Crippen LogP contribution in [0.25, 0.3) is 0 Å². The quantitative estimate of drug-likeness (QED) is 0.377. The van der Waals surface area contributed by atoms with Gasteiger partial charge in [0.25, 0.3) is 0 Å². The highest BCUT2D eigenvalue weighted by Gasteiger charge is 2.60. The highest BCUT2D eigenvalue weighted by molar-refractivity contribution is 6.70. The summed E-state index contributed by atoms with van der Waals surface area (Å²) in [6.07, 6.45) is 10.1. The van der Waals surface area contributed by atoms with Crippen molar-refractivity contribution >= 4 is 8.56 Å². The van der Waals surface area contributed by atoms with E-state index in [1.807, 2.05) is 0 Å². The lowest BCUT2D eigenvalue weighted by atomic mass is 10.2. The molecule has 1 aliphatic heterocycles. The average Bonchev–Trinajstić information content (AvgIpc) is 2.55. The Morgan fingerprint density at radius 1 is 0.810 bits per heavy atom. The number of unbranched alkanes of at least 4 members (excludes halogenated alkanes) is 4. The van der Waals surface area contributed by atoms with Gasteiger partial charge < -0.3 is 18.3 Å². The van der Waals surface area contributed by atoms with Crippen LogP contribution in [0.15, 0.2) is 0 Å². The van der Waals surface area contributed by atoms with E-state index in [2.05, 4.69) is 13.8 Å². The first-order valence-corrected chi connectivity index (χ1v) is 10.3. The van der Waals surface area contributed by atoms with Crippen LogP contribution in [0.4, 0.5) is 0 Å². The highest BCUT2D eigenvalue weighted by Crippen LogP contribution is 2.40. The smallest absolute Gasteiger partial charge is 0.395 e. The van der Waals surface area contributed by atoms with Crippen molar-refractivity contribution in [3.63, 3.8) is 0 Å². The summed E-state index contributed by atoms with van der Waals surface area (Å²) in [6, 6.07) is 0.932. The summed E-state index contributed by atoms with van der Waals surface area (Å²) in [5.74, 6) is 0. The molecule has 128 valence electrons. The fraction of sp³-hybridized carbons (Fsp3) is 1.00. The maximum atomic E-state index is 5.59. The van der Waals surface area contributed by atoms with Gasteiger partial charge in [-0.2, -0.15) is 0 Å². The zero-order valence-corrected chi connectivity index (χ0v) is 16.0. The van der Waals surface area contributed by atoms with Crippen LogP contribution in [-0.4, -0.2) is 42.4 Å². The molecule has 1 rings (SSSR count). The second-order valence-corrected chi connectivity index (χ2v) is 9.17. The first-order valence-electron chi connectivity index (χ1n) is 8.32. The lowest BCUT2D eigenvalue weighted by molar-refractivity contribution is -0.183. The van der Waals surface area contributed by atoms with E-state index in [9.17, 15) is 0 Å². The Kier molecular flexibility index (Phi) is 11.6. The van der Waals surface area contributed by atoms with E-state index in [4.69, 9.17) is 18.3 Å². The molecule has 1 fully saturated rings. The van der Waals surface area contributed by atoms with Crippen LogP contribution in [0.3, 0.4) is 0 Å². The molecule has 0 aromatic rings. The summed E-state index contributed by atoms with van der Waals surface area (Å²) in [4.78, 5) is 0. The first-order chi connectivity index (χ1) is 10.1. The van der Waals surface area contributed by atoms with E-state index in [1.165, 1.54) is 32.1 Å². The predicted molar refractivity (Wildman–Crippen MR) is 89.6 cm³/mol. The van der Waals surface area contributed by atoms with E-state index < -0.39 is 14.0 Å². The number of rotatable bonds is 8. The number of ether oxygens (including phenoxy) is 2. The fourth-order valence-corrected chi connectivity index (χ4v) is 6.44. The van der Waals surface area contributed by atoms with E-state index in [-0.39, 0.29) is 0 Å². The Labute approximate surface area is 132 Å². The van der Waals surface area contributed by atoms with Crippen molar-refractivity contribution in [3.05, 3.63) is 0 Å². The lowest BCUT2D eigenvalue weighted by Crippen LogP contribution is -2.65. The molecular formula is C16H36O4Si. The van der Waals surface area contributed by atoms with Crippen molar-refractivity contribution in [2.75, 3.05) is 28.4 Å². The molecule has 0 spiro atoms. The topological polar surface area (TPSA) is 36.9 Å². The summed E-state index contributed by atoms with van der Waals surface area (Å²) < 4.78 is 22.2. The molecule has 1 heterocycles. The summed E-state index contributed by atoms with van der Waals surface area (Å²) in [5, 5.41) is 0. The number of methoxy groups -OCH3 is 2. The molecule has 0 unspecified atom stereocenters. The van der Waals surface area contributed by atoms with Gasteiger partial charge >= 0.3 is 8.56 Å². The van der Waals surface area contributed by atoms with Crippen LogP contribution in [0.1, 0.15) is 65.2 Å². The van der Waals surface area contributed by atoms with Crippen LogP contribution in [0.2, 0.25) is 6.04 Å². The van der Waals surface area contributed by atoms with E-state index in [0.29, 0.717) is 0 Å². The molecule has 0 aromatic carbocycles. The van der Waals surface area contributed by atoms with Gasteiger partial charge in [0, 0.05) is 34.9 Å². The molecule has 0 atom stereocenters. The zero-order valence-electron chi connectivity index (χ0n) is 15.0. The molecule has 0 amide bonds. The van der Waals surface area contributed by atoms with Crippen molar-refractivity contribution in [1.82, 2.24) is 0 Å². The Bertz CT molecular complexity index is 216. The summed E-state index contributed by atoms with van der Waals surface area (Å²) in [5.41, 5.74) is -0.630. The molecule has 5 heteroatoms. The molecule has 21 heavy (non-hydrogen) atoms. The van der Waals surface area contributed by atoms with Gasteiger partial charge in [-0.15, -0.1) is 0 Å². The van der Waals surface area contributed by atoms with Crippen LogP contribution >= 0.6 is 0 Å². The monoisotopic (exact) mass is 320 g/mol. The van der Waals surface area contributed by atoms with E-state index in [0.717, 1.165) is 25.3 Å². The van der Waals surface area contributed by atoms with Gasteiger partial charge in [-0.25, -0.2) is 0 Å². The third kappa shape index (κ3) is 5.64. The normalized spacial score (nSPS) is 19.7. The number of hydrogen-bond acceptors (Lipinski definition) is 4. The van der Waals surface area contributed by atoms with Gasteiger partial charge in [-0.05, 0) is 12.5 Å². The van der Waals surface area contributed by atoms with Crippen molar-refractivity contribution in [2.45, 2.75) is 76.7 Å². The average molecular weight is 321 g/mol. The molecule has 0 saturated carbocycles. The predicted octanol–water partition coefficient (Wildman–Crippen LogP) is 4.41. The Morgan fingerprint density at radius 2 is 1.33 bits per heavy atom. The minimum Gasteiger partial charge on any atom is -0.395 e. The van der Waals surface area contributed by atoms with Crippen LogP contribution in [0.5, 0.6) is 0 Å². The molecule has 0 N–H and O–H groups in total. The van der Waals surface area contributed by atoms with Gasteiger partial charge in [0.1, 0.15) is 0 Å². The molecular weight excluding hydrogens is 284 g/mol. The van der Waals surface area contributed by atoms with Crippen molar-refractivity contribution in [1.29, 1.82) is 0 Å². The largest absolute Gasteiger partial charge is 0.399 e. The van der Waals surface area contributed by atoms with Gasteiger partial charge in [0.2, 0.25) is 5.41 Å². The van der Waals surface area contributed by atoms with E-state index >= 15 is 0 Å². The lowest BCUT2D eigenvalue weighted by Gasteiger charge is -2.46.